The fourth-order valence-electron chi connectivity index (χ4n) is 5.12. The number of rotatable bonds is 9. The van der Waals surface area contributed by atoms with Crippen LogP contribution in [0.25, 0.3) is 11.1 Å². The molecule has 0 N–H and O–H groups in total. The van der Waals surface area contributed by atoms with Crippen molar-refractivity contribution in [1.29, 1.82) is 0 Å². The minimum atomic E-state index is -0.454. The van der Waals surface area contributed by atoms with Gasteiger partial charge in [-0.3, -0.25) is 4.79 Å². The summed E-state index contributed by atoms with van der Waals surface area (Å²) in [6.07, 6.45) is 5.45. The van der Waals surface area contributed by atoms with Gasteiger partial charge in [-0.1, -0.05) is 55.5 Å². The predicted octanol–water partition coefficient (Wildman–Crippen LogP) is 7.21. The summed E-state index contributed by atoms with van der Waals surface area (Å²) in [6.45, 7) is 7.72. The molecule has 0 bridgehead atoms. The molecule has 1 heterocycles. The lowest BCUT2D eigenvalue weighted by Gasteiger charge is -2.35. The van der Waals surface area contributed by atoms with Crippen LogP contribution in [0.5, 0.6) is 5.75 Å². The zero-order valence-corrected chi connectivity index (χ0v) is 20.7. The van der Waals surface area contributed by atoms with E-state index >= 15 is 0 Å². The largest absolute Gasteiger partial charge is 0.496 e. The number of ether oxygens (including phenoxy) is 1. The van der Waals surface area contributed by atoms with Crippen LogP contribution in [0.3, 0.4) is 0 Å². The Kier molecular flexibility index (Phi) is 8.02. The quantitative estimate of drug-likeness (QED) is 0.309. The van der Waals surface area contributed by atoms with E-state index in [1.807, 2.05) is 6.92 Å². The normalized spacial score (nSPS) is 15.0. The Morgan fingerprint density at radius 3 is 2.40 bits per heavy atom. The fourth-order valence-corrected chi connectivity index (χ4v) is 5.12. The number of allylic oxidation sites excluding steroid dienone is 1. The Morgan fingerprint density at radius 1 is 1.11 bits per heavy atom. The van der Waals surface area contributed by atoms with Gasteiger partial charge >= 0.3 is 0 Å². The van der Waals surface area contributed by atoms with Crippen molar-refractivity contribution in [3.63, 3.8) is 0 Å². The highest BCUT2D eigenvalue weighted by molar-refractivity contribution is 5.90. The van der Waals surface area contributed by atoms with Crippen LogP contribution in [0, 0.1) is 11.7 Å². The van der Waals surface area contributed by atoms with E-state index in [9.17, 15) is 9.18 Å². The summed E-state index contributed by atoms with van der Waals surface area (Å²) < 4.78 is 19.5. The van der Waals surface area contributed by atoms with Gasteiger partial charge < -0.3 is 9.64 Å². The Morgan fingerprint density at radius 2 is 1.80 bits per heavy atom. The average molecular weight is 472 g/mol. The van der Waals surface area contributed by atoms with Gasteiger partial charge in [-0.2, -0.15) is 0 Å². The molecule has 1 saturated heterocycles. The first-order chi connectivity index (χ1) is 17.0. The number of ketones is 1. The molecule has 182 valence electrons. The number of hydrogen-bond acceptors (Lipinski definition) is 3. The van der Waals surface area contributed by atoms with Gasteiger partial charge in [0.25, 0.3) is 0 Å². The lowest BCUT2D eigenvalue weighted by atomic mass is 9.87. The summed E-state index contributed by atoms with van der Waals surface area (Å²) >= 11 is 0. The third-order valence-electron chi connectivity index (χ3n) is 7.07. The number of benzene rings is 3. The number of hydrogen-bond donors (Lipinski definition) is 0. The Balaban J connectivity index is 1.68. The standard InChI is InChI=1S/C31H34FNO2/c1-4-27(30(34)5-2)29-21-26(20-28(31(29)35-3)24-11-13-25(32)14-12-24)33-17-15-23(16-18-33)19-22-9-7-6-8-10-22/h4,6-14,20-21,23,27H,1,5,15-19H2,2-3H3. The molecule has 0 aromatic heterocycles. The highest BCUT2D eigenvalue weighted by Crippen LogP contribution is 2.42. The highest BCUT2D eigenvalue weighted by atomic mass is 19.1. The van der Waals surface area contributed by atoms with E-state index in [4.69, 9.17) is 4.74 Å². The summed E-state index contributed by atoms with van der Waals surface area (Å²) in [5.74, 6) is 0.665. The van der Waals surface area contributed by atoms with E-state index in [2.05, 4.69) is 53.9 Å². The summed E-state index contributed by atoms with van der Waals surface area (Å²) in [5.41, 5.74) is 4.99. The first-order valence-corrected chi connectivity index (χ1v) is 12.5. The molecule has 1 fully saturated rings. The van der Waals surface area contributed by atoms with Crippen LogP contribution in [0.2, 0.25) is 0 Å². The van der Waals surface area contributed by atoms with Crippen molar-refractivity contribution in [3.8, 4) is 16.9 Å². The molecule has 0 saturated carbocycles. The minimum Gasteiger partial charge on any atom is -0.496 e. The molecule has 1 unspecified atom stereocenters. The van der Waals surface area contributed by atoms with Gasteiger partial charge in [-0.15, -0.1) is 6.58 Å². The van der Waals surface area contributed by atoms with Crippen LogP contribution >= 0.6 is 0 Å². The summed E-state index contributed by atoms with van der Waals surface area (Å²) in [4.78, 5) is 15.2. The van der Waals surface area contributed by atoms with E-state index in [0.29, 0.717) is 18.1 Å². The van der Waals surface area contributed by atoms with Gasteiger partial charge in [0.15, 0.2) is 0 Å². The van der Waals surface area contributed by atoms with Crippen molar-refractivity contribution < 1.29 is 13.9 Å². The first kappa shape index (κ1) is 24.7. The Labute approximate surface area is 208 Å². The molecule has 4 rings (SSSR count). The van der Waals surface area contributed by atoms with E-state index in [1.54, 1.807) is 25.3 Å². The fraction of sp³-hybridized carbons (Fsp3) is 0.323. The minimum absolute atomic E-state index is 0.0991. The highest BCUT2D eigenvalue weighted by Gasteiger charge is 2.26. The number of methoxy groups -OCH3 is 1. The maximum Gasteiger partial charge on any atom is 0.143 e. The molecule has 3 aromatic carbocycles. The van der Waals surface area contributed by atoms with Crippen molar-refractivity contribution in [2.24, 2.45) is 5.92 Å². The molecular formula is C31H34FNO2. The zero-order chi connectivity index (χ0) is 24.8. The number of anilines is 1. The second-order valence-corrected chi connectivity index (χ2v) is 9.28. The van der Waals surface area contributed by atoms with E-state index in [1.165, 1.54) is 17.7 Å². The van der Waals surface area contributed by atoms with Crippen LogP contribution in [-0.2, 0) is 11.2 Å². The summed E-state index contributed by atoms with van der Waals surface area (Å²) in [5, 5.41) is 0. The monoisotopic (exact) mass is 471 g/mol. The smallest absolute Gasteiger partial charge is 0.143 e. The average Bonchev–Trinajstić information content (AvgIpc) is 2.90. The number of halogens is 1. The third-order valence-corrected chi connectivity index (χ3v) is 7.07. The second-order valence-electron chi connectivity index (χ2n) is 9.28. The maximum atomic E-state index is 13.7. The van der Waals surface area contributed by atoms with Gasteiger partial charge in [0, 0.05) is 36.3 Å². The summed E-state index contributed by atoms with van der Waals surface area (Å²) in [6, 6.07) is 21.3. The Hall–Kier alpha value is -3.40. The molecule has 0 amide bonds. The molecule has 35 heavy (non-hydrogen) atoms. The predicted molar refractivity (Wildman–Crippen MR) is 142 cm³/mol. The van der Waals surface area contributed by atoms with Gasteiger partial charge in [0.1, 0.15) is 17.3 Å². The van der Waals surface area contributed by atoms with Gasteiger partial charge in [-0.25, -0.2) is 4.39 Å². The van der Waals surface area contributed by atoms with Crippen molar-refractivity contribution >= 4 is 11.5 Å². The van der Waals surface area contributed by atoms with E-state index in [-0.39, 0.29) is 11.6 Å². The number of carbonyl (C=O) groups is 1. The molecule has 3 aromatic rings. The number of Topliss-reactive ketones (excluding diaryl/α,β-unsaturated/α-hetero) is 1. The summed E-state index contributed by atoms with van der Waals surface area (Å²) in [7, 11) is 1.62. The van der Waals surface area contributed by atoms with E-state index < -0.39 is 5.92 Å². The second kappa shape index (κ2) is 11.4. The Bertz CT molecular complexity index is 1150. The molecule has 3 nitrogen and oxygen atoms in total. The topological polar surface area (TPSA) is 29.5 Å². The van der Waals surface area contributed by atoms with Crippen molar-refractivity contribution in [2.75, 3.05) is 25.1 Å². The first-order valence-electron chi connectivity index (χ1n) is 12.5. The van der Waals surface area contributed by atoms with Crippen LogP contribution in [0.15, 0.2) is 79.4 Å². The SMILES string of the molecule is C=CC(C(=O)CC)c1cc(N2CCC(Cc3ccccc3)CC2)cc(-c2ccc(F)cc2)c1OC. The molecule has 4 heteroatoms. The number of nitrogens with zero attached hydrogens (tertiary/aromatic N) is 1. The van der Waals surface area contributed by atoms with Gasteiger partial charge in [0.2, 0.25) is 0 Å². The zero-order valence-electron chi connectivity index (χ0n) is 20.7. The number of piperidine rings is 1. The van der Waals surface area contributed by atoms with Crippen LogP contribution in [0.4, 0.5) is 10.1 Å². The van der Waals surface area contributed by atoms with E-state index in [0.717, 1.165) is 54.7 Å². The van der Waals surface area contributed by atoms with Gasteiger partial charge in [-0.05, 0) is 60.6 Å². The molecule has 0 radical (unpaired) electrons. The van der Waals surface area contributed by atoms with Crippen LogP contribution in [-0.4, -0.2) is 26.0 Å². The van der Waals surface area contributed by atoms with Crippen molar-refractivity contribution in [3.05, 3.63) is 96.3 Å². The molecule has 1 aliphatic heterocycles. The number of carbonyl (C=O) groups excluding carboxylic acids is 1. The van der Waals surface area contributed by atoms with Crippen molar-refractivity contribution in [2.45, 2.75) is 38.5 Å². The lowest BCUT2D eigenvalue weighted by molar-refractivity contribution is -0.119. The van der Waals surface area contributed by atoms with Crippen LogP contribution < -0.4 is 9.64 Å². The molecule has 0 spiro atoms. The van der Waals surface area contributed by atoms with Crippen molar-refractivity contribution in [1.82, 2.24) is 0 Å². The molecule has 0 aliphatic carbocycles. The van der Waals surface area contributed by atoms with Crippen LogP contribution in [0.1, 0.15) is 43.2 Å². The van der Waals surface area contributed by atoms with Gasteiger partial charge in [0.05, 0.1) is 13.0 Å². The molecule has 1 aliphatic rings. The molecule has 1 atom stereocenters. The maximum absolute atomic E-state index is 13.7. The third kappa shape index (κ3) is 5.64. The molecular weight excluding hydrogens is 437 g/mol. The lowest BCUT2D eigenvalue weighted by Crippen LogP contribution is -2.34.